The monoisotopic (exact) mass is 264 g/mol. The molecular formula is C9H16N2O5S. The Balaban J connectivity index is 4.20. The number of thiol groups is 1. The summed E-state index contributed by atoms with van der Waals surface area (Å²) >= 11 is 3.85. The van der Waals surface area contributed by atoms with Crippen molar-refractivity contribution in [2.24, 2.45) is 0 Å². The van der Waals surface area contributed by atoms with Crippen LogP contribution in [-0.2, 0) is 14.3 Å². The summed E-state index contributed by atoms with van der Waals surface area (Å²) in [7, 11) is 0. The number of aliphatic carboxylic acids is 1. The highest BCUT2D eigenvalue weighted by atomic mass is 32.1. The predicted molar refractivity (Wildman–Crippen MR) is 62.8 cm³/mol. The number of ether oxygens (including phenoxy) is 1. The first-order valence-corrected chi connectivity index (χ1v) is 5.68. The molecule has 0 bridgehead atoms. The number of hydrogen-bond acceptors (Lipinski definition) is 5. The fourth-order valence-corrected chi connectivity index (χ4v) is 1.26. The van der Waals surface area contributed by atoms with Gasteiger partial charge in [0.2, 0.25) is 0 Å². The van der Waals surface area contributed by atoms with Crippen molar-refractivity contribution >= 4 is 31.1 Å². The number of urea groups is 1. The molecule has 2 amide bonds. The number of carbonyl (C=O) groups is 3. The molecule has 0 aliphatic heterocycles. The Labute approximate surface area is 104 Å². The highest BCUT2D eigenvalue weighted by Crippen LogP contribution is 1.97. The minimum atomic E-state index is -1.11. The van der Waals surface area contributed by atoms with E-state index in [9.17, 15) is 14.4 Å². The van der Waals surface area contributed by atoms with Crippen LogP contribution in [0.1, 0.15) is 19.8 Å². The minimum Gasteiger partial charge on any atom is -0.480 e. The van der Waals surface area contributed by atoms with Crippen molar-refractivity contribution in [2.75, 3.05) is 5.75 Å². The molecule has 17 heavy (non-hydrogen) atoms. The molecule has 8 heteroatoms. The Morgan fingerprint density at radius 1 is 1.47 bits per heavy atom. The molecule has 2 atom stereocenters. The SMILES string of the molecule is CCCC(NC(=O)NC(CS)OC=O)C(=O)O. The van der Waals surface area contributed by atoms with E-state index in [2.05, 4.69) is 28.0 Å². The van der Waals surface area contributed by atoms with Crippen LogP contribution < -0.4 is 10.6 Å². The van der Waals surface area contributed by atoms with Crippen molar-refractivity contribution in [1.29, 1.82) is 0 Å². The van der Waals surface area contributed by atoms with Gasteiger partial charge < -0.3 is 20.5 Å². The third-order valence-electron chi connectivity index (χ3n) is 1.86. The van der Waals surface area contributed by atoms with Crippen molar-refractivity contribution in [1.82, 2.24) is 10.6 Å². The molecule has 0 radical (unpaired) electrons. The molecule has 3 N–H and O–H groups in total. The van der Waals surface area contributed by atoms with Crippen LogP contribution in [0.3, 0.4) is 0 Å². The smallest absolute Gasteiger partial charge is 0.326 e. The molecule has 0 spiro atoms. The van der Waals surface area contributed by atoms with Gasteiger partial charge in [-0.3, -0.25) is 4.79 Å². The van der Waals surface area contributed by atoms with Gasteiger partial charge in [-0.25, -0.2) is 9.59 Å². The Bertz CT molecular complexity index is 274. The van der Waals surface area contributed by atoms with E-state index in [4.69, 9.17) is 5.11 Å². The van der Waals surface area contributed by atoms with Crippen molar-refractivity contribution in [3.8, 4) is 0 Å². The summed E-state index contributed by atoms with van der Waals surface area (Å²) in [6.07, 6.45) is 0.0629. The molecule has 0 aromatic heterocycles. The molecule has 0 rings (SSSR count). The quantitative estimate of drug-likeness (QED) is 0.280. The van der Waals surface area contributed by atoms with E-state index in [1.807, 2.05) is 6.92 Å². The van der Waals surface area contributed by atoms with Gasteiger partial charge in [-0.2, -0.15) is 12.6 Å². The van der Waals surface area contributed by atoms with Crippen LogP contribution in [0, 0.1) is 0 Å². The number of carbonyl (C=O) groups excluding carboxylic acids is 2. The van der Waals surface area contributed by atoms with E-state index in [-0.39, 0.29) is 12.2 Å². The van der Waals surface area contributed by atoms with Gasteiger partial charge in [-0.1, -0.05) is 13.3 Å². The number of rotatable bonds is 8. The van der Waals surface area contributed by atoms with Gasteiger partial charge in [0.1, 0.15) is 6.04 Å². The van der Waals surface area contributed by atoms with Gasteiger partial charge >= 0.3 is 12.0 Å². The molecule has 0 aliphatic carbocycles. The number of nitrogens with one attached hydrogen (secondary N) is 2. The van der Waals surface area contributed by atoms with Gasteiger partial charge in [0.15, 0.2) is 6.23 Å². The second-order valence-electron chi connectivity index (χ2n) is 3.20. The van der Waals surface area contributed by atoms with Gasteiger partial charge in [-0.05, 0) is 6.42 Å². The van der Waals surface area contributed by atoms with Crippen LogP contribution in [0.25, 0.3) is 0 Å². The largest absolute Gasteiger partial charge is 0.480 e. The fourth-order valence-electron chi connectivity index (χ4n) is 1.08. The molecule has 98 valence electrons. The zero-order valence-corrected chi connectivity index (χ0v) is 10.3. The van der Waals surface area contributed by atoms with Crippen molar-refractivity contribution in [3.05, 3.63) is 0 Å². The molecule has 0 aromatic rings. The minimum absolute atomic E-state index is 0.0949. The van der Waals surface area contributed by atoms with Crippen LogP contribution in [0.15, 0.2) is 0 Å². The lowest BCUT2D eigenvalue weighted by molar-refractivity contribution is -0.139. The molecule has 0 aliphatic rings. The Morgan fingerprint density at radius 3 is 2.53 bits per heavy atom. The lowest BCUT2D eigenvalue weighted by Crippen LogP contribution is -2.50. The second kappa shape index (κ2) is 8.68. The van der Waals surface area contributed by atoms with Crippen molar-refractivity contribution in [2.45, 2.75) is 32.0 Å². The van der Waals surface area contributed by atoms with Crippen LogP contribution in [0.2, 0.25) is 0 Å². The number of hydrogen-bond donors (Lipinski definition) is 4. The van der Waals surface area contributed by atoms with Crippen LogP contribution in [-0.4, -0.2) is 41.6 Å². The third kappa shape index (κ3) is 6.67. The number of carboxylic acids is 1. The lowest BCUT2D eigenvalue weighted by Gasteiger charge is -2.18. The predicted octanol–water partition coefficient (Wildman–Crippen LogP) is -0.0322. The Morgan fingerprint density at radius 2 is 2.12 bits per heavy atom. The Hall–Kier alpha value is -1.44. The van der Waals surface area contributed by atoms with Crippen molar-refractivity contribution in [3.63, 3.8) is 0 Å². The summed E-state index contributed by atoms with van der Waals surface area (Å²) < 4.78 is 4.49. The van der Waals surface area contributed by atoms with E-state index in [0.29, 0.717) is 12.8 Å². The second-order valence-corrected chi connectivity index (χ2v) is 3.57. The van der Waals surface area contributed by atoms with Gasteiger partial charge in [0.05, 0.1) is 0 Å². The van der Waals surface area contributed by atoms with Crippen LogP contribution >= 0.6 is 12.6 Å². The fraction of sp³-hybridized carbons (Fsp3) is 0.667. The average molecular weight is 264 g/mol. The standard InChI is InChI=1S/C9H16N2O5S/c1-2-3-6(8(13)14)10-9(15)11-7(4-17)16-5-12/h5-7,17H,2-4H2,1H3,(H,13,14)(H2,10,11,15). The highest BCUT2D eigenvalue weighted by Gasteiger charge is 2.20. The first-order valence-electron chi connectivity index (χ1n) is 5.04. The number of amides is 2. The molecule has 2 unspecified atom stereocenters. The highest BCUT2D eigenvalue weighted by molar-refractivity contribution is 7.80. The molecule has 0 heterocycles. The van der Waals surface area contributed by atoms with Crippen LogP contribution in [0.5, 0.6) is 0 Å². The molecule has 0 saturated carbocycles. The summed E-state index contributed by atoms with van der Waals surface area (Å²) in [4.78, 5) is 32.2. The first kappa shape index (κ1) is 15.6. The molecule has 0 aromatic carbocycles. The maximum Gasteiger partial charge on any atom is 0.326 e. The third-order valence-corrected chi connectivity index (χ3v) is 2.19. The average Bonchev–Trinajstić information content (AvgIpc) is 2.27. The summed E-state index contributed by atoms with van der Waals surface area (Å²) in [6.45, 7) is 1.99. The van der Waals surface area contributed by atoms with E-state index in [1.54, 1.807) is 0 Å². The van der Waals surface area contributed by atoms with Crippen LogP contribution in [0.4, 0.5) is 4.79 Å². The van der Waals surface area contributed by atoms with Gasteiger partial charge in [-0.15, -0.1) is 0 Å². The van der Waals surface area contributed by atoms with E-state index in [0.717, 1.165) is 0 Å². The molecule has 0 fully saturated rings. The van der Waals surface area contributed by atoms with E-state index >= 15 is 0 Å². The molecule has 7 nitrogen and oxygen atoms in total. The van der Waals surface area contributed by atoms with E-state index < -0.39 is 24.3 Å². The lowest BCUT2D eigenvalue weighted by atomic mass is 10.2. The molecular weight excluding hydrogens is 248 g/mol. The van der Waals surface area contributed by atoms with Gasteiger partial charge in [0.25, 0.3) is 6.47 Å². The normalized spacial score (nSPS) is 13.3. The summed E-state index contributed by atoms with van der Waals surface area (Å²) in [6, 6.07) is -1.68. The first-order chi connectivity index (χ1) is 8.04. The molecule has 0 saturated heterocycles. The summed E-state index contributed by atoms with van der Waals surface area (Å²) in [5, 5.41) is 13.3. The van der Waals surface area contributed by atoms with Gasteiger partial charge in [0, 0.05) is 5.75 Å². The van der Waals surface area contributed by atoms with Crippen molar-refractivity contribution < 1.29 is 24.2 Å². The van der Waals surface area contributed by atoms with E-state index in [1.165, 1.54) is 0 Å². The summed E-state index contributed by atoms with van der Waals surface area (Å²) in [5.74, 6) is -1.02. The maximum absolute atomic E-state index is 11.4. The summed E-state index contributed by atoms with van der Waals surface area (Å²) in [5.41, 5.74) is 0. The zero-order valence-electron chi connectivity index (χ0n) is 9.38. The topological polar surface area (TPSA) is 105 Å². The zero-order chi connectivity index (χ0) is 13.3. The Kier molecular flexibility index (Phi) is 7.95. The maximum atomic E-state index is 11.4. The number of carboxylic acid groups (broad SMARTS) is 1.